The van der Waals surface area contributed by atoms with Crippen LogP contribution in [0.1, 0.15) is 47.0 Å². The van der Waals surface area contributed by atoms with Crippen LogP contribution in [0.5, 0.6) is 0 Å². The van der Waals surface area contributed by atoms with Crippen molar-refractivity contribution in [2.75, 3.05) is 13.2 Å². The Balaban J connectivity index is 2.82. The Bertz CT molecular complexity index is 591. The van der Waals surface area contributed by atoms with E-state index in [9.17, 15) is 29.4 Å². The van der Waals surface area contributed by atoms with Crippen LogP contribution >= 0.6 is 0 Å². The molecule has 6 N–H and O–H groups in total. The van der Waals surface area contributed by atoms with Crippen LogP contribution in [-0.4, -0.2) is 71.2 Å². The van der Waals surface area contributed by atoms with Gasteiger partial charge in [0.25, 0.3) is 0 Å². The van der Waals surface area contributed by atoms with E-state index in [1.54, 1.807) is 20.8 Å². The molecule has 0 bridgehead atoms. The molecule has 1 aliphatic rings. The summed E-state index contributed by atoms with van der Waals surface area (Å²) < 4.78 is 0. The minimum Gasteiger partial charge on any atom is -0.480 e. The van der Waals surface area contributed by atoms with Crippen LogP contribution in [0.15, 0.2) is 0 Å². The lowest BCUT2D eigenvalue weighted by molar-refractivity contribution is -0.144. The molecule has 0 spiro atoms. The van der Waals surface area contributed by atoms with E-state index in [0.717, 1.165) is 13.0 Å². The van der Waals surface area contributed by atoms with Crippen LogP contribution < -0.4 is 21.3 Å². The quantitative estimate of drug-likeness (QED) is 0.252. The first-order valence-electron chi connectivity index (χ1n) is 10.1. The molecule has 0 aromatic carbocycles. The molecular formula is C19H34N4O6. The molecule has 1 aliphatic heterocycles. The summed E-state index contributed by atoms with van der Waals surface area (Å²) in [6, 6.07) is -3.70. The fraction of sp³-hybridized carbons (Fsp3) is 0.789. The number of aliphatic hydroxyl groups excluding tert-OH is 1. The zero-order valence-electron chi connectivity index (χ0n) is 17.5. The highest BCUT2D eigenvalue weighted by atomic mass is 16.4. The third-order valence-electron chi connectivity index (χ3n) is 5.22. The monoisotopic (exact) mass is 414 g/mol. The summed E-state index contributed by atoms with van der Waals surface area (Å²) in [5.74, 6) is -3.46. The summed E-state index contributed by atoms with van der Waals surface area (Å²) >= 11 is 0. The summed E-state index contributed by atoms with van der Waals surface area (Å²) in [5, 5.41) is 29.3. The molecule has 5 unspecified atom stereocenters. The van der Waals surface area contributed by atoms with Gasteiger partial charge in [-0.25, -0.2) is 4.79 Å². The molecule has 1 heterocycles. The number of nitrogens with one attached hydrogen (secondary N) is 4. The second kappa shape index (κ2) is 11.7. The van der Waals surface area contributed by atoms with E-state index in [1.165, 1.54) is 0 Å². The maximum atomic E-state index is 12.8. The van der Waals surface area contributed by atoms with Gasteiger partial charge in [-0.15, -0.1) is 0 Å². The second-order valence-electron chi connectivity index (χ2n) is 7.83. The number of aliphatic hydroxyl groups is 1. The van der Waals surface area contributed by atoms with Crippen LogP contribution in [0.3, 0.4) is 0 Å². The summed E-state index contributed by atoms with van der Waals surface area (Å²) in [5.41, 5.74) is 0. The SMILES string of the molecule is CCC(C)C(NC(=O)C1CCCN1)C(=O)NC(CO)C(=O)NC(C(=O)O)C(C)C. The number of hydrogen-bond acceptors (Lipinski definition) is 6. The standard InChI is InChI=1S/C19H34N4O6/c1-5-11(4)15(23-16(25)12-7-6-8-20-12)18(27)21-13(9-24)17(26)22-14(10(2)3)19(28)29/h10-15,20,24H,5-9H2,1-4H3,(H,21,27)(H,22,26)(H,23,25)(H,28,29). The third-order valence-corrected chi connectivity index (χ3v) is 5.22. The van der Waals surface area contributed by atoms with Crippen molar-refractivity contribution in [2.45, 2.75) is 71.1 Å². The molecule has 0 aromatic heterocycles. The van der Waals surface area contributed by atoms with Gasteiger partial charge in [0.1, 0.15) is 18.1 Å². The molecule has 0 saturated carbocycles. The zero-order valence-corrected chi connectivity index (χ0v) is 17.5. The fourth-order valence-corrected chi connectivity index (χ4v) is 3.09. The summed E-state index contributed by atoms with van der Waals surface area (Å²) in [6.45, 7) is 6.99. The van der Waals surface area contributed by atoms with Crippen molar-refractivity contribution in [2.24, 2.45) is 11.8 Å². The van der Waals surface area contributed by atoms with Crippen molar-refractivity contribution in [3.05, 3.63) is 0 Å². The van der Waals surface area contributed by atoms with E-state index in [-0.39, 0.29) is 23.8 Å². The molecule has 5 atom stereocenters. The Hall–Kier alpha value is -2.20. The summed E-state index contributed by atoms with van der Waals surface area (Å²) in [4.78, 5) is 48.8. The molecule has 1 fully saturated rings. The normalized spacial score (nSPS) is 20.4. The van der Waals surface area contributed by atoms with Crippen LogP contribution in [0, 0.1) is 11.8 Å². The first kappa shape index (κ1) is 24.8. The van der Waals surface area contributed by atoms with Gasteiger partial charge >= 0.3 is 5.97 Å². The Morgan fingerprint density at radius 3 is 2.14 bits per heavy atom. The fourth-order valence-electron chi connectivity index (χ4n) is 3.09. The van der Waals surface area contributed by atoms with Gasteiger partial charge in [0.05, 0.1) is 12.6 Å². The topological polar surface area (TPSA) is 157 Å². The molecule has 1 rings (SSSR count). The lowest BCUT2D eigenvalue weighted by Crippen LogP contribution is -2.59. The molecule has 10 nitrogen and oxygen atoms in total. The highest BCUT2D eigenvalue weighted by Crippen LogP contribution is 2.11. The highest BCUT2D eigenvalue weighted by molar-refractivity contribution is 5.94. The molecule has 3 amide bonds. The Morgan fingerprint density at radius 2 is 1.69 bits per heavy atom. The predicted octanol–water partition coefficient (Wildman–Crippen LogP) is -1.03. The van der Waals surface area contributed by atoms with Crippen LogP contribution in [0.25, 0.3) is 0 Å². The number of aliphatic carboxylic acids is 1. The van der Waals surface area contributed by atoms with E-state index >= 15 is 0 Å². The number of carbonyl (C=O) groups excluding carboxylic acids is 3. The number of carboxylic acids is 1. The lowest BCUT2D eigenvalue weighted by Gasteiger charge is -2.27. The van der Waals surface area contributed by atoms with E-state index in [1.807, 2.05) is 6.92 Å². The van der Waals surface area contributed by atoms with Gasteiger partial charge in [-0.1, -0.05) is 34.1 Å². The summed E-state index contributed by atoms with van der Waals surface area (Å²) in [7, 11) is 0. The van der Waals surface area contributed by atoms with Crippen molar-refractivity contribution in [1.82, 2.24) is 21.3 Å². The number of hydrogen-bond donors (Lipinski definition) is 6. The molecule has 0 aliphatic carbocycles. The minimum atomic E-state index is -1.32. The maximum absolute atomic E-state index is 12.8. The number of carbonyl (C=O) groups is 4. The predicted molar refractivity (Wildman–Crippen MR) is 106 cm³/mol. The lowest BCUT2D eigenvalue weighted by atomic mass is 9.97. The van der Waals surface area contributed by atoms with Gasteiger partial charge in [-0.05, 0) is 31.2 Å². The van der Waals surface area contributed by atoms with Crippen LogP contribution in [0.4, 0.5) is 0 Å². The van der Waals surface area contributed by atoms with Gasteiger partial charge in [0, 0.05) is 0 Å². The number of carboxylic acid groups (broad SMARTS) is 1. The van der Waals surface area contributed by atoms with Gasteiger partial charge in [0.15, 0.2) is 0 Å². The maximum Gasteiger partial charge on any atom is 0.326 e. The number of rotatable bonds is 11. The second-order valence-corrected chi connectivity index (χ2v) is 7.83. The van der Waals surface area contributed by atoms with E-state index in [0.29, 0.717) is 12.8 Å². The van der Waals surface area contributed by atoms with Crippen molar-refractivity contribution < 1.29 is 29.4 Å². The Kier molecular flexibility index (Phi) is 10.0. The van der Waals surface area contributed by atoms with E-state index < -0.39 is 42.5 Å². The Labute approximate surface area is 171 Å². The van der Waals surface area contributed by atoms with Crippen molar-refractivity contribution in [3.63, 3.8) is 0 Å². The molecular weight excluding hydrogens is 380 g/mol. The van der Waals surface area contributed by atoms with Gasteiger partial charge < -0.3 is 31.5 Å². The minimum absolute atomic E-state index is 0.204. The summed E-state index contributed by atoms with van der Waals surface area (Å²) in [6.07, 6.45) is 2.18. The van der Waals surface area contributed by atoms with Crippen molar-refractivity contribution in [1.29, 1.82) is 0 Å². The molecule has 166 valence electrons. The van der Waals surface area contributed by atoms with Gasteiger partial charge in [-0.2, -0.15) is 0 Å². The van der Waals surface area contributed by atoms with E-state index in [4.69, 9.17) is 0 Å². The van der Waals surface area contributed by atoms with Crippen LogP contribution in [-0.2, 0) is 19.2 Å². The first-order chi connectivity index (χ1) is 13.6. The van der Waals surface area contributed by atoms with Crippen molar-refractivity contribution in [3.8, 4) is 0 Å². The number of amides is 3. The van der Waals surface area contributed by atoms with Crippen molar-refractivity contribution >= 4 is 23.7 Å². The first-order valence-corrected chi connectivity index (χ1v) is 10.1. The molecule has 10 heteroatoms. The van der Waals surface area contributed by atoms with Gasteiger partial charge in [-0.3, -0.25) is 14.4 Å². The van der Waals surface area contributed by atoms with Crippen LogP contribution in [0.2, 0.25) is 0 Å². The van der Waals surface area contributed by atoms with E-state index in [2.05, 4.69) is 21.3 Å². The van der Waals surface area contributed by atoms with Gasteiger partial charge in [0.2, 0.25) is 17.7 Å². The Morgan fingerprint density at radius 1 is 1.03 bits per heavy atom. The average molecular weight is 415 g/mol. The highest BCUT2D eigenvalue weighted by Gasteiger charge is 2.33. The third kappa shape index (κ3) is 7.28. The molecule has 0 radical (unpaired) electrons. The average Bonchev–Trinajstić information content (AvgIpc) is 3.21. The molecule has 29 heavy (non-hydrogen) atoms. The largest absolute Gasteiger partial charge is 0.480 e. The smallest absolute Gasteiger partial charge is 0.326 e. The zero-order chi connectivity index (χ0) is 22.1. The molecule has 1 saturated heterocycles. The molecule has 0 aromatic rings.